The van der Waals surface area contributed by atoms with E-state index >= 15 is 0 Å². The molecule has 1 aromatic rings. The zero-order valence-electron chi connectivity index (χ0n) is 12.1. The molecule has 0 aliphatic heterocycles. The summed E-state index contributed by atoms with van der Waals surface area (Å²) >= 11 is 0. The summed E-state index contributed by atoms with van der Waals surface area (Å²) in [5.41, 5.74) is 1.24. The van der Waals surface area contributed by atoms with Crippen LogP contribution in [0.5, 0.6) is 5.75 Å². The van der Waals surface area contributed by atoms with Crippen molar-refractivity contribution >= 4 is 5.69 Å². The summed E-state index contributed by atoms with van der Waals surface area (Å²) in [6, 6.07) is 1.95. The van der Waals surface area contributed by atoms with Crippen molar-refractivity contribution in [3.8, 4) is 5.75 Å². The highest BCUT2D eigenvalue weighted by molar-refractivity contribution is 5.56. The van der Waals surface area contributed by atoms with Crippen LogP contribution in [0.3, 0.4) is 0 Å². The lowest BCUT2D eigenvalue weighted by Gasteiger charge is -2.36. The Hall–Kier alpha value is -1.29. The maximum absolute atomic E-state index is 10.6. The van der Waals surface area contributed by atoms with Crippen LogP contribution in [0, 0.1) is 12.8 Å². The second-order valence-corrected chi connectivity index (χ2v) is 5.81. The van der Waals surface area contributed by atoms with Gasteiger partial charge in [-0.1, -0.05) is 19.8 Å². The number of methoxy groups -OCH3 is 1. The Morgan fingerprint density at radius 3 is 3.05 bits per heavy atom. The van der Waals surface area contributed by atoms with Gasteiger partial charge in [-0.15, -0.1) is 0 Å². The Kier molecular flexibility index (Phi) is 4.30. The molecule has 4 nitrogen and oxygen atoms in total. The normalized spacial score (nSPS) is 27.1. The summed E-state index contributed by atoms with van der Waals surface area (Å²) in [5, 5.41) is 13.9. The molecule has 0 radical (unpaired) electrons. The third-order valence-corrected chi connectivity index (χ3v) is 3.90. The van der Waals surface area contributed by atoms with Crippen LogP contribution in [0.2, 0.25) is 0 Å². The quantitative estimate of drug-likeness (QED) is 0.878. The summed E-state index contributed by atoms with van der Waals surface area (Å²) in [5.74, 6) is 1.32. The largest absolute Gasteiger partial charge is 0.493 e. The Morgan fingerprint density at radius 1 is 1.58 bits per heavy atom. The lowest BCUT2D eigenvalue weighted by atomic mass is 9.79. The van der Waals surface area contributed by atoms with E-state index in [1.54, 1.807) is 13.3 Å². The maximum Gasteiger partial charge on any atom is 0.160 e. The van der Waals surface area contributed by atoms with E-state index in [4.69, 9.17) is 4.74 Å². The van der Waals surface area contributed by atoms with E-state index in [1.165, 1.54) is 6.42 Å². The van der Waals surface area contributed by atoms with Gasteiger partial charge in [0.1, 0.15) is 0 Å². The van der Waals surface area contributed by atoms with Crippen molar-refractivity contribution in [2.45, 2.75) is 45.1 Å². The van der Waals surface area contributed by atoms with Crippen molar-refractivity contribution in [1.29, 1.82) is 0 Å². The van der Waals surface area contributed by atoms with Gasteiger partial charge in [0.05, 0.1) is 24.6 Å². The molecule has 1 saturated carbocycles. The Bertz CT molecular complexity index is 436. The zero-order chi connectivity index (χ0) is 13.9. The Morgan fingerprint density at radius 2 is 2.37 bits per heavy atom. The van der Waals surface area contributed by atoms with E-state index in [0.717, 1.165) is 36.4 Å². The van der Waals surface area contributed by atoms with E-state index < -0.39 is 5.60 Å². The molecule has 0 spiro atoms. The number of ether oxygens (including phenoxy) is 1. The molecule has 2 atom stereocenters. The smallest absolute Gasteiger partial charge is 0.160 e. The first-order valence-corrected chi connectivity index (χ1v) is 6.99. The number of hydrogen-bond donors (Lipinski definition) is 2. The molecule has 1 aromatic heterocycles. The van der Waals surface area contributed by atoms with Gasteiger partial charge in [0, 0.05) is 12.2 Å². The topological polar surface area (TPSA) is 54.4 Å². The second-order valence-electron chi connectivity index (χ2n) is 5.81. The minimum atomic E-state index is -0.597. The predicted molar refractivity (Wildman–Crippen MR) is 76.6 cm³/mol. The van der Waals surface area contributed by atoms with E-state index in [0.29, 0.717) is 12.5 Å². The molecule has 2 N–H and O–H groups in total. The van der Waals surface area contributed by atoms with Gasteiger partial charge in [-0.25, -0.2) is 0 Å². The molecule has 0 amide bonds. The number of aromatic nitrogens is 1. The first-order valence-electron chi connectivity index (χ1n) is 6.99. The van der Waals surface area contributed by atoms with Crippen LogP contribution in [0.25, 0.3) is 0 Å². The Labute approximate surface area is 115 Å². The summed E-state index contributed by atoms with van der Waals surface area (Å²) in [7, 11) is 1.63. The van der Waals surface area contributed by atoms with Crippen molar-refractivity contribution in [3.05, 3.63) is 18.0 Å². The van der Waals surface area contributed by atoms with Gasteiger partial charge in [0.2, 0.25) is 0 Å². The number of anilines is 1. The number of nitrogens with one attached hydrogen (secondary N) is 1. The highest BCUT2D eigenvalue weighted by Crippen LogP contribution is 2.33. The van der Waals surface area contributed by atoms with Crippen LogP contribution >= 0.6 is 0 Å². The van der Waals surface area contributed by atoms with Crippen molar-refractivity contribution in [2.75, 3.05) is 19.0 Å². The second kappa shape index (κ2) is 5.78. The number of pyridine rings is 1. The third kappa shape index (κ3) is 3.60. The molecule has 1 aliphatic rings. The molecular formula is C15H24N2O2. The van der Waals surface area contributed by atoms with Crippen molar-refractivity contribution in [2.24, 2.45) is 5.92 Å². The molecule has 0 bridgehead atoms. The fraction of sp³-hybridized carbons (Fsp3) is 0.667. The average Bonchev–Trinajstić information content (AvgIpc) is 2.36. The number of aliphatic hydroxyl groups is 1. The highest BCUT2D eigenvalue weighted by atomic mass is 16.5. The summed E-state index contributed by atoms with van der Waals surface area (Å²) in [6.45, 7) is 4.72. The predicted octanol–water partition coefficient (Wildman–Crippen LogP) is 2.75. The fourth-order valence-corrected chi connectivity index (χ4v) is 2.90. The van der Waals surface area contributed by atoms with Gasteiger partial charge >= 0.3 is 0 Å². The minimum absolute atomic E-state index is 0.567. The molecular weight excluding hydrogens is 240 g/mol. The third-order valence-electron chi connectivity index (χ3n) is 3.90. The van der Waals surface area contributed by atoms with E-state index in [-0.39, 0.29) is 0 Å². The summed E-state index contributed by atoms with van der Waals surface area (Å²) in [4.78, 5) is 4.21. The van der Waals surface area contributed by atoms with Crippen molar-refractivity contribution in [3.63, 3.8) is 0 Å². The minimum Gasteiger partial charge on any atom is -0.493 e. The molecule has 106 valence electrons. The number of hydrogen-bond acceptors (Lipinski definition) is 4. The maximum atomic E-state index is 10.6. The molecule has 1 aliphatic carbocycles. The first kappa shape index (κ1) is 14.1. The van der Waals surface area contributed by atoms with Gasteiger partial charge in [-0.2, -0.15) is 0 Å². The highest BCUT2D eigenvalue weighted by Gasteiger charge is 2.32. The van der Waals surface area contributed by atoms with Crippen molar-refractivity contribution < 1.29 is 9.84 Å². The average molecular weight is 264 g/mol. The molecule has 0 saturated heterocycles. The van der Waals surface area contributed by atoms with E-state index in [2.05, 4.69) is 17.2 Å². The monoisotopic (exact) mass is 264 g/mol. The van der Waals surface area contributed by atoms with Gasteiger partial charge in [-0.05, 0) is 31.7 Å². The van der Waals surface area contributed by atoms with E-state index in [9.17, 15) is 5.11 Å². The van der Waals surface area contributed by atoms with Crippen LogP contribution in [0.4, 0.5) is 5.69 Å². The number of aryl methyl sites for hydroxylation is 1. The number of rotatable bonds is 4. The SMILES string of the molecule is COc1cnc(C)cc1NCC1(O)CCCC(C)C1. The Balaban J connectivity index is 2.03. The summed E-state index contributed by atoms with van der Waals surface area (Å²) < 4.78 is 5.29. The zero-order valence-corrected chi connectivity index (χ0v) is 12.1. The molecule has 2 unspecified atom stereocenters. The van der Waals surface area contributed by atoms with E-state index in [1.807, 2.05) is 13.0 Å². The van der Waals surface area contributed by atoms with Crippen LogP contribution in [-0.4, -0.2) is 29.3 Å². The molecule has 0 aromatic carbocycles. The standard InChI is InChI=1S/C15H24N2O2/c1-11-5-4-6-15(18,8-11)10-17-13-7-12(2)16-9-14(13)19-3/h7,9,11,18H,4-6,8,10H2,1-3H3,(H,16,17). The lowest BCUT2D eigenvalue weighted by Crippen LogP contribution is -2.41. The van der Waals surface area contributed by atoms with Crippen molar-refractivity contribution in [1.82, 2.24) is 4.98 Å². The van der Waals surface area contributed by atoms with Gasteiger partial charge < -0.3 is 15.2 Å². The van der Waals surface area contributed by atoms with Crippen LogP contribution in [0.1, 0.15) is 38.3 Å². The van der Waals surface area contributed by atoms with Crippen LogP contribution in [0.15, 0.2) is 12.3 Å². The van der Waals surface area contributed by atoms with Crippen LogP contribution < -0.4 is 10.1 Å². The van der Waals surface area contributed by atoms with Gasteiger partial charge in [0.25, 0.3) is 0 Å². The molecule has 1 fully saturated rings. The molecule has 1 heterocycles. The summed E-state index contributed by atoms with van der Waals surface area (Å²) in [6.07, 6.45) is 5.78. The van der Waals surface area contributed by atoms with Crippen LogP contribution in [-0.2, 0) is 0 Å². The molecule has 2 rings (SSSR count). The number of nitrogens with zero attached hydrogens (tertiary/aromatic N) is 1. The van der Waals surface area contributed by atoms with Gasteiger partial charge in [-0.3, -0.25) is 4.98 Å². The molecule has 4 heteroatoms. The lowest BCUT2D eigenvalue weighted by molar-refractivity contribution is -0.000789. The van der Waals surface area contributed by atoms with Gasteiger partial charge in [0.15, 0.2) is 5.75 Å². The fourth-order valence-electron chi connectivity index (χ4n) is 2.90. The molecule has 19 heavy (non-hydrogen) atoms. The first-order chi connectivity index (χ1) is 9.02.